The minimum Gasteiger partial charge on any atom is -0.370 e. The first-order valence-corrected chi connectivity index (χ1v) is 8.28. The third-order valence-electron chi connectivity index (χ3n) is 4.01. The molecular formula is C19H23FN2O3. The molecule has 2 amide bonds. The summed E-state index contributed by atoms with van der Waals surface area (Å²) in [7, 11) is 0. The molecule has 1 saturated heterocycles. The molecule has 5 nitrogen and oxygen atoms in total. The highest BCUT2D eigenvalue weighted by molar-refractivity contribution is 5.96. The van der Waals surface area contributed by atoms with Gasteiger partial charge in [-0.05, 0) is 44.4 Å². The first-order chi connectivity index (χ1) is 11.9. The predicted octanol–water partition coefficient (Wildman–Crippen LogP) is 1.81. The summed E-state index contributed by atoms with van der Waals surface area (Å²) < 4.78 is 18.9. The van der Waals surface area contributed by atoms with Gasteiger partial charge in [0, 0.05) is 12.6 Å². The Kier molecular flexibility index (Phi) is 6.54. The number of carbonyl (C=O) groups is 2. The molecule has 1 fully saturated rings. The zero-order chi connectivity index (χ0) is 18.4. The Hall–Kier alpha value is -2.39. The Labute approximate surface area is 147 Å². The summed E-state index contributed by atoms with van der Waals surface area (Å²) in [6, 6.07) is 6.08. The fourth-order valence-electron chi connectivity index (χ4n) is 2.68. The summed E-state index contributed by atoms with van der Waals surface area (Å²) in [4.78, 5) is 27.7. The standard InChI is InChI=1S/C19H23FN2O3/c1-4-5-18(23)21-10-17(11-22(14(2)3)19(24)12-21)25-13-15-6-8-16(20)9-7-15/h6-9,14,17H,10-13H2,1-3H3/t17-/m0/s1. The van der Waals surface area contributed by atoms with E-state index in [0.29, 0.717) is 13.1 Å². The highest BCUT2D eigenvalue weighted by Crippen LogP contribution is 2.14. The summed E-state index contributed by atoms with van der Waals surface area (Å²) in [5, 5.41) is 0. The molecule has 134 valence electrons. The molecule has 0 spiro atoms. The van der Waals surface area contributed by atoms with Gasteiger partial charge in [0.15, 0.2) is 0 Å². The van der Waals surface area contributed by atoms with Crippen LogP contribution in [0.2, 0.25) is 0 Å². The SMILES string of the molecule is CC#CC(=O)N1CC(=O)N(C(C)C)C[C@@H](OCc2ccc(F)cc2)C1. The zero-order valence-electron chi connectivity index (χ0n) is 14.8. The van der Waals surface area contributed by atoms with Crippen molar-refractivity contribution in [2.24, 2.45) is 0 Å². The first-order valence-electron chi connectivity index (χ1n) is 8.28. The summed E-state index contributed by atoms with van der Waals surface area (Å²) in [5.41, 5.74) is 0.833. The Morgan fingerprint density at radius 1 is 1.32 bits per heavy atom. The maximum absolute atomic E-state index is 13.0. The smallest absolute Gasteiger partial charge is 0.299 e. The van der Waals surface area contributed by atoms with E-state index < -0.39 is 0 Å². The normalized spacial score (nSPS) is 18.0. The molecule has 0 radical (unpaired) electrons. The van der Waals surface area contributed by atoms with Crippen LogP contribution in [0, 0.1) is 17.7 Å². The van der Waals surface area contributed by atoms with Crippen LogP contribution in [0.4, 0.5) is 4.39 Å². The summed E-state index contributed by atoms with van der Waals surface area (Å²) in [5.74, 6) is 4.25. The van der Waals surface area contributed by atoms with Gasteiger partial charge in [-0.25, -0.2) is 4.39 Å². The van der Waals surface area contributed by atoms with Crippen molar-refractivity contribution in [3.05, 3.63) is 35.6 Å². The molecule has 0 aliphatic carbocycles. The van der Waals surface area contributed by atoms with Gasteiger partial charge in [-0.3, -0.25) is 9.59 Å². The molecule has 1 aliphatic rings. The molecular weight excluding hydrogens is 323 g/mol. The van der Waals surface area contributed by atoms with E-state index >= 15 is 0 Å². The van der Waals surface area contributed by atoms with Gasteiger partial charge in [0.25, 0.3) is 5.91 Å². The summed E-state index contributed by atoms with van der Waals surface area (Å²) >= 11 is 0. The van der Waals surface area contributed by atoms with Gasteiger partial charge < -0.3 is 14.5 Å². The number of amides is 2. The van der Waals surface area contributed by atoms with Crippen LogP contribution in [-0.4, -0.2) is 53.4 Å². The van der Waals surface area contributed by atoms with Crippen LogP contribution in [0.5, 0.6) is 0 Å². The topological polar surface area (TPSA) is 49.9 Å². The maximum Gasteiger partial charge on any atom is 0.299 e. The van der Waals surface area contributed by atoms with Gasteiger partial charge in [-0.15, -0.1) is 0 Å². The van der Waals surface area contributed by atoms with Crippen molar-refractivity contribution in [1.82, 2.24) is 9.80 Å². The van der Waals surface area contributed by atoms with Crippen LogP contribution in [0.25, 0.3) is 0 Å². The van der Waals surface area contributed by atoms with Crippen molar-refractivity contribution in [1.29, 1.82) is 0 Å². The van der Waals surface area contributed by atoms with Gasteiger partial charge in [0.05, 0.1) is 19.3 Å². The van der Waals surface area contributed by atoms with E-state index in [-0.39, 0.29) is 42.9 Å². The average molecular weight is 346 g/mol. The van der Waals surface area contributed by atoms with Crippen molar-refractivity contribution in [2.75, 3.05) is 19.6 Å². The van der Waals surface area contributed by atoms with E-state index in [4.69, 9.17) is 4.74 Å². The number of nitrogens with zero attached hydrogens (tertiary/aromatic N) is 2. The highest BCUT2D eigenvalue weighted by Gasteiger charge is 2.31. The van der Waals surface area contributed by atoms with Crippen molar-refractivity contribution < 1.29 is 18.7 Å². The number of rotatable bonds is 4. The Bertz CT molecular complexity index is 676. The first kappa shape index (κ1) is 18.9. The monoisotopic (exact) mass is 346 g/mol. The van der Waals surface area contributed by atoms with Crippen molar-refractivity contribution >= 4 is 11.8 Å². The lowest BCUT2D eigenvalue weighted by Crippen LogP contribution is -2.42. The molecule has 6 heteroatoms. The van der Waals surface area contributed by atoms with E-state index in [1.54, 1.807) is 24.0 Å². The van der Waals surface area contributed by atoms with Gasteiger partial charge >= 0.3 is 0 Å². The lowest BCUT2D eigenvalue weighted by atomic mass is 10.2. The van der Waals surface area contributed by atoms with E-state index in [0.717, 1.165) is 5.56 Å². The Morgan fingerprint density at radius 3 is 2.60 bits per heavy atom. The van der Waals surface area contributed by atoms with Crippen LogP contribution in [0.3, 0.4) is 0 Å². The summed E-state index contributed by atoms with van der Waals surface area (Å²) in [6.45, 7) is 6.43. The molecule has 0 bridgehead atoms. The van der Waals surface area contributed by atoms with E-state index in [1.807, 2.05) is 13.8 Å². The fourth-order valence-corrected chi connectivity index (χ4v) is 2.68. The van der Waals surface area contributed by atoms with Gasteiger partial charge in [0.1, 0.15) is 12.4 Å². The second-order valence-corrected chi connectivity index (χ2v) is 6.26. The van der Waals surface area contributed by atoms with Crippen molar-refractivity contribution in [2.45, 2.75) is 39.5 Å². The molecule has 1 aromatic carbocycles. The lowest BCUT2D eigenvalue weighted by Gasteiger charge is -2.27. The lowest BCUT2D eigenvalue weighted by molar-refractivity contribution is -0.137. The molecule has 0 aromatic heterocycles. The molecule has 0 saturated carbocycles. The minimum atomic E-state index is -0.378. The average Bonchev–Trinajstić information content (AvgIpc) is 2.74. The third kappa shape index (κ3) is 5.30. The number of ether oxygens (including phenoxy) is 1. The van der Waals surface area contributed by atoms with Gasteiger partial charge in [0.2, 0.25) is 5.91 Å². The molecule has 1 aliphatic heterocycles. The number of carbonyl (C=O) groups excluding carboxylic acids is 2. The molecule has 1 aromatic rings. The Balaban J connectivity index is 2.11. The van der Waals surface area contributed by atoms with E-state index in [9.17, 15) is 14.0 Å². The molecule has 25 heavy (non-hydrogen) atoms. The second-order valence-electron chi connectivity index (χ2n) is 6.26. The van der Waals surface area contributed by atoms with E-state index in [2.05, 4.69) is 11.8 Å². The minimum absolute atomic E-state index is 0.00208. The van der Waals surface area contributed by atoms with Gasteiger partial charge in [-0.1, -0.05) is 18.1 Å². The van der Waals surface area contributed by atoms with E-state index in [1.165, 1.54) is 17.0 Å². The van der Waals surface area contributed by atoms with Crippen LogP contribution in [0.1, 0.15) is 26.3 Å². The highest BCUT2D eigenvalue weighted by atomic mass is 19.1. The third-order valence-corrected chi connectivity index (χ3v) is 4.01. The molecule has 0 N–H and O–H groups in total. The Morgan fingerprint density at radius 2 is 2.00 bits per heavy atom. The fraction of sp³-hybridized carbons (Fsp3) is 0.474. The van der Waals surface area contributed by atoms with Crippen LogP contribution < -0.4 is 0 Å². The van der Waals surface area contributed by atoms with Crippen molar-refractivity contribution in [3.8, 4) is 11.8 Å². The quantitative estimate of drug-likeness (QED) is 0.782. The maximum atomic E-state index is 13.0. The van der Waals surface area contributed by atoms with Crippen molar-refractivity contribution in [3.63, 3.8) is 0 Å². The number of hydrogen-bond donors (Lipinski definition) is 0. The number of benzene rings is 1. The zero-order valence-corrected chi connectivity index (χ0v) is 14.8. The molecule has 0 unspecified atom stereocenters. The van der Waals surface area contributed by atoms with Crippen LogP contribution in [0.15, 0.2) is 24.3 Å². The second kappa shape index (κ2) is 8.63. The molecule has 1 heterocycles. The summed E-state index contributed by atoms with van der Waals surface area (Å²) in [6.07, 6.45) is -0.332. The largest absolute Gasteiger partial charge is 0.370 e. The van der Waals surface area contributed by atoms with Gasteiger partial charge in [-0.2, -0.15) is 0 Å². The number of hydrogen-bond acceptors (Lipinski definition) is 3. The van der Waals surface area contributed by atoms with Crippen LogP contribution in [-0.2, 0) is 20.9 Å². The predicted molar refractivity (Wildman–Crippen MR) is 91.9 cm³/mol. The molecule has 1 atom stereocenters. The number of halogens is 1. The van der Waals surface area contributed by atoms with Crippen LogP contribution >= 0.6 is 0 Å². The molecule has 2 rings (SSSR count).